The van der Waals surface area contributed by atoms with Crippen molar-refractivity contribution < 1.29 is 19.2 Å². The molecule has 0 spiro atoms. The zero-order chi connectivity index (χ0) is 29.2. The molecule has 4 rings (SSSR count). The van der Waals surface area contributed by atoms with Gasteiger partial charge in [-0.15, -0.1) is 0 Å². The van der Waals surface area contributed by atoms with Crippen LogP contribution in [0.4, 0.5) is 17.3 Å². The van der Waals surface area contributed by atoms with Crippen molar-refractivity contribution in [1.82, 2.24) is 14.9 Å². The van der Waals surface area contributed by atoms with E-state index in [1.807, 2.05) is 31.2 Å². The number of rotatable bonds is 14. The van der Waals surface area contributed by atoms with Crippen LogP contribution in [0.3, 0.4) is 0 Å². The van der Waals surface area contributed by atoms with E-state index in [4.69, 9.17) is 15.2 Å². The van der Waals surface area contributed by atoms with Gasteiger partial charge in [0.05, 0.1) is 18.1 Å². The zero-order valence-corrected chi connectivity index (χ0v) is 23.8. The van der Waals surface area contributed by atoms with Gasteiger partial charge in [-0.25, -0.2) is 0 Å². The molecule has 0 bridgehead atoms. The van der Waals surface area contributed by atoms with Crippen molar-refractivity contribution in [1.29, 1.82) is 0 Å². The molecule has 1 saturated heterocycles. The van der Waals surface area contributed by atoms with Crippen LogP contribution in [-0.2, 0) is 22.6 Å². The predicted octanol–water partition coefficient (Wildman–Crippen LogP) is 4.98. The largest absolute Gasteiger partial charge is 0.465 e. The van der Waals surface area contributed by atoms with Gasteiger partial charge in [0.2, 0.25) is 11.6 Å². The second kappa shape index (κ2) is 14.4. The number of esters is 1. The number of nitro groups is 1. The normalized spacial score (nSPS) is 13.2. The molecule has 1 aromatic heterocycles. The van der Waals surface area contributed by atoms with Gasteiger partial charge in [0.15, 0.2) is 0 Å². The number of aromatic nitrogens is 2. The predicted molar refractivity (Wildman–Crippen MR) is 158 cm³/mol. The van der Waals surface area contributed by atoms with Crippen LogP contribution in [0.1, 0.15) is 50.7 Å². The summed E-state index contributed by atoms with van der Waals surface area (Å²) in [7, 11) is 0. The number of unbranched alkanes of at least 4 members (excludes halogenated alkanes) is 1. The third-order valence-corrected chi connectivity index (χ3v) is 6.90. The fourth-order valence-electron chi connectivity index (χ4n) is 4.85. The van der Waals surface area contributed by atoms with E-state index in [1.54, 1.807) is 6.92 Å². The van der Waals surface area contributed by atoms with Gasteiger partial charge in [-0.05, 0) is 67.6 Å². The zero-order valence-electron chi connectivity index (χ0n) is 23.8. The average molecular weight is 563 g/mol. The van der Waals surface area contributed by atoms with E-state index in [0.29, 0.717) is 6.61 Å². The number of likely N-dealkylation sites (tertiary alicyclic amines) is 1. The summed E-state index contributed by atoms with van der Waals surface area (Å²) in [6, 6.07) is 16.4. The Kier molecular flexibility index (Phi) is 10.4. The van der Waals surface area contributed by atoms with Gasteiger partial charge in [-0.2, -0.15) is 9.97 Å². The Balaban J connectivity index is 1.60. The van der Waals surface area contributed by atoms with Crippen LogP contribution in [-0.4, -0.2) is 58.6 Å². The van der Waals surface area contributed by atoms with Crippen molar-refractivity contribution in [3.05, 3.63) is 69.8 Å². The highest BCUT2D eigenvalue weighted by atomic mass is 16.6. The molecule has 11 heteroatoms. The highest BCUT2D eigenvalue weighted by Gasteiger charge is 2.29. The number of ether oxygens (including phenoxy) is 2. The average Bonchev–Trinajstić information content (AvgIpc) is 3.46. The second-order valence-corrected chi connectivity index (χ2v) is 10.1. The Morgan fingerprint density at radius 2 is 1.83 bits per heavy atom. The van der Waals surface area contributed by atoms with Gasteiger partial charge in [-0.1, -0.05) is 55.8 Å². The Morgan fingerprint density at radius 3 is 2.51 bits per heavy atom. The monoisotopic (exact) mass is 562 g/mol. The van der Waals surface area contributed by atoms with Gasteiger partial charge in [0, 0.05) is 13.1 Å². The summed E-state index contributed by atoms with van der Waals surface area (Å²) < 4.78 is 10.7. The van der Waals surface area contributed by atoms with E-state index >= 15 is 0 Å². The number of hydrogen-bond donors (Lipinski definition) is 1. The molecule has 0 amide bonds. The van der Waals surface area contributed by atoms with Crippen LogP contribution in [0.5, 0.6) is 6.01 Å². The van der Waals surface area contributed by atoms with Crippen molar-refractivity contribution in [3.8, 4) is 17.1 Å². The van der Waals surface area contributed by atoms with E-state index in [9.17, 15) is 14.9 Å². The highest BCUT2D eigenvalue weighted by molar-refractivity contribution is 5.79. The second-order valence-electron chi connectivity index (χ2n) is 10.1. The summed E-state index contributed by atoms with van der Waals surface area (Å²) in [5.74, 6) is -0.968. The smallest absolute Gasteiger partial charge is 0.353 e. The molecular formula is C30H38N6O5. The summed E-state index contributed by atoms with van der Waals surface area (Å²) in [5.41, 5.74) is 9.77. The van der Waals surface area contributed by atoms with Crippen LogP contribution in [0.15, 0.2) is 48.5 Å². The molecule has 0 unspecified atom stereocenters. The van der Waals surface area contributed by atoms with Crippen LogP contribution in [0.2, 0.25) is 0 Å². The van der Waals surface area contributed by atoms with Crippen molar-refractivity contribution in [2.24, 2.45) is 0 Å². The van der Waals surface area contributed by atoms with E-state index in [2.05, 4.69) is 39.1 Å². The van der Waals surface area contributed by atoms with Crippen molar-refractivity contribution in [2.75, 3.05) is 43.5 Å². The molecule has 11 nitrogen and oxygen atoms in total. The maximum absolute atomic E-state index is 12.5. The minimum absolute atomic E-state index is 0.0745. The van der Waals surface area contributed by atoms with Crippen molar-refractivity contribution in [3.63, 3.8) is 0 Å². The molecule has 41 heavy (non-hydrogen) atoms. The van der Waals surface area contributed by atoms with E-state index in [0.717, 1.165) is 49.2 Å². The lowest BCUT2D eigenvalue weighted by atomic mass is 10.0. The third-order valence-electron chi connectivity index (χ3n) is 6.90. The fraction of sp³-hybridized carbons (Fsp3) is 0.433. The lowest BCUT2D eigenvalue weighted by molar-refractivity contribution is -0.383. The van der Waals surface area contributed by atoms with Gasteiger partial charge in [0.1, 0.15) is 6.54 Å². The molecular weight excluding hydrogens is 524 g/mol. The van der Waals surface area contributed by atoms with Crippen molar-refractivity contribution >= 4 is 23.3 Å². The SMILES string of the molecule is CCCCOc1nc(N)c([N+](=O)[O-])c(N(CC(=O)OCC)Cc2ccc(-c3cccc(CN4CCCC4)c3)cc2)n1. The molecule has 0 saturated carbocycles. The Labute approximate surface area is 240 Å². The molecule has 2 aromatic carbocycles. The van der Waals surface area contributed by atoms with Crippen molar-refractivity contribution in [2.45, 2.75) is 52.6 Å². The Bertz CT molecular complexity index is 1330. The minimum atomic E-state index is -0.642. The van der Waals surface area contributed by atoms with Gasteiger partial charge < -0.3 is 20.1 Å². The van der Waals surface area contributed by atoms with E-state index in [1.165, 1.54) is 23.3 Å². The van der Waals surface area contributed by atoms with Gasteiger partial charge >= 0.3 is 17.7 Å². The maximum Gasteiger partial charge on any atom is 0.353 e. The first kappa shape index (κ1) is 29.7. The molecule has 0 aliphatic carbocycles. The molecule has 2 heterocycles. The van der Waals surface area contributed by atoms with Gasteiger partial charge in [-0.3, -0.25) is 19.8 Å². The van der Waals surface area contributed by atoms with E-state index < -0.39 is 16.6 Å². The van der Waals surface area contributed by atoms with Gasteiger partial charge in [0.25, 0.3) is 0 Å². The summed E-state index contributed by atoms with van der Waals surface area (Å²) in [5, 5.41) is 12.0. The first-order valence-electron chi connectivity index (χ1n) is 14.1. The molecule has 1 fully saturated rings. The van der Waals surface area contributed by atoms with Crippen LogP contribution < -0.4 is 15.4 Å². The number of benzene rings is 2. The first-order valence-corrected chi connectivity index (χ1v) is 14.1. The molecule has 1 aliphatic rings. The number of hydrogen-bond acceptors (Lipinski definition) is 10. The third kappa shape index (κ3) is 8.14. The molecule has 0 atom stereocenters. The molecule has 3 aromatic rings. The maximum atomic E-state index is 12.5. The number of carbonyl (C=O) groups excluding carboxylic acids is 1. The Morgan fingerprint density at radius 1 is 1.07 bits per heavy atom. The first-order chi connectivity index (χ1) is 19.9. The minimum Gasteiger partial charge on any atom is -0.465 e. The number of anilines is 2. The number of nitrogens with zero attached hydrogens (tertiary/aromatic N) is 5. The summed E-state index contributed by atoms with van der Waals surface area (Å²) in [4.78, 5) is 36.1. The summed E-state index contributed by atoms with van der Waals surface area (Å²) in [6.07, 6.45) is 4.16. The Hall–Kier alpha value is -4.25. The number of nitrogen functional groups attached to an aromatic ring is 1. The topological polar surface area (TPSA) is 137 Å². The number of carbonyl (C=O) groups is 1. The van der Waals surface area contributed by atoms with Crippen LogP contribution >= 0.6 is 0 Å². The molecule has 1 aliphatic heterocycles. The molecule has 2 N–H and O–H groups in total. The molecule has 218 valence electrons. The number of nitrogens with two attached hydrogens (primary N) is 1. The lowest BCUT2D eigenvalue weighted by Gasteiger charge is -2.23. The standard InChI is InChI=1S/C30H38N6O5/c1-3-5-17-41-30-32-28(31)27(36(38)39)29(33-30)35(21-26(37)40-4-2)20-22-11-13-24(14-12-22)25-10-8-9-23(18-25)19-34-15-6-7-16-34/h8-14,18H,3-7,15-17,19-21H2,1-2H3,(H2,31,32,33). The fourth-order valence-corrected chi connectivity index (χ4v) is 4.85. The highest BCUT2D eigenvalue weighted by Crippen LogP contribution is 2.34. The molecule has 0 radical (unpaired) electrons. The van der Waals surface area contributed by atoms with Crippen LogP contribution in [0, 0.1) is 10.1 Å². The quantitative estimate of drug-likeness (QED) is 0.124. The van der Waals surface area contributed by atoms with Crippen LogP contribution in [0.25, 0.3) is 11.1 Å². The van der Waals surface area contributed by atoms with E-state index in [-0.39, 0.29) is 37.3 Å². The summed E-state index contributed by atoms with van der Waals surface area (Å²) >= 11 is 0. The lowest BCUT2D eigenvalue weighted by Crippen LogP contribution is -2.32. The summed E-state index contributed by atoms with van der Waals surface area (Å²) in [6.45, 7) is 7.35.